The molecule has 20 heavy (non-hydrogen) atoms. The van der Waals surface area contributed by atoms with Gasteiger partial charge >= 0.3 is 0 Å². The van der Waals surface area contributed by atoms with Crippen LogP contribution in [0.1, 0.15) is 32.4 Å². The molecule has 3 rings (SSSR count). The molecule has 2 fully saturated rings. The Kier molecular flexibility index (Phi) is 4.17. The Labute approximate surface area is 121 Å². The number of rotatable bonds is 4. The number of nitrogens with zero attached hydrogens (tertiary/aromatic N) is 4. The molecule has 3 heterocycles. The molecule has 0 aliphatic carbocycles. The van der Waals surface area contributed by atoms with E-state index < -0.39 is 0 Å². The van der Waals surface area contributed by atoms with Crippen LogP contribution in [0, 0.1) is 0 Å². The van der Waals surface area contributed by atoms with Gasteiger partial charge in [0.05, 0.1) is 18.1 Å². The van der Waals surface area contributed by atoms with E-state index in [1.807, 2.05) is 12.4 Å². The summed E-state index contributed by atoms with van der Waals surface area (Å²) >= 11 is 0. The van der Waals surface area contributed by atoms with Crippen molar-refractivity contribution in [2.45, 2.75) is 45.3 Å². The average molecular weight is 275 g/mol. The molecular weight excluding hydrogens is 250 g/mol. The lowest BCUT2D eigenvalue weighted by molar-refractivity contribution is 0.202. The van der Waals surface area contributed by atoms with Crippen molar-refractivity contribution in [2.75, 3.05) is 31.1 Å². The van der Waals surface area contributed by atoms with Crippen molar-refractivity contribution in [2.24, 2.45) is 0 Å². The Bertz CT molecular complexity index is 432. The largest absolute Gasteiger partial charge is 0.350 e. The van der Waals surface area contributed by atoms with E-state index in [1.165, 1.54) is 19.4 Å². The Morgan fingerprint density at radius 1 is 1.30 bits per heavy atom. The Morgan fingerprint density at radius 3 is 2.95 bits per heavy atom. The van der Waals surface area contributed by atoms with Crippen molar-refractivity contribution in [3.63, 3.8) is 0 Å². The highest BCUT2D eigenvalue weighted by atomic mass is 15.3. The SMILES string of the molecule is CCNCc1cnc(N2CC3CCCN3CC2C)cn1. The number of fused-ring (bicyclic) bond motifs is 1. The predicted molar refractivity (Wildman–Crippen MR) is 80.8 cm³/mol. The van der Waals surface area contributed by atoms with E-state index in [9.17, 15) is 0 Å². The van der Waals surface area contributed by atoms with Gasteiger partial charge in [-0.05, 0) is 32.9 Å². The summed E-state index contributed by atoms with van der Waals surface area (Å²) in [5, 5.41) is 3.28. The van der Waals surface area contributed by atoms with Crippen molar-refractivity contribution >= 4 is 5.82 Å². The van der Waals surface area contributed by atoms with Crippen LogP contribution in [0.25, 0.3) is 0 Å². The number of aromatic nitrogens is 2. The van der Waals surface area contributed by atoms with Crippen LogP contribution in [0.5, 0.6) is 0 Å². The summed E-state index contributed by atoms with van der Waals surface area (Å²) in [6.07, 6.45) is 6.52. The molecule has 2 atom stereocenters. The van der Waals surface area contributed by atoms with Crippen molar-refractivity contribution in [1.29, 1.82) is 0 Å². The molecule has 2 saturated heterocycles. The number of hydrogen-bond donors (Lipinski definition) is 1. The number of hydrogen-bond acceptors (Lipinski definition) is 5. The second-order valence-corrected chi connectivity index (χ2v) is 5.94. The fourth-order valence-electron chi connectivity index (χ4n) is 3.35. The Morgan fingerprint density at radius 2 is 2.20 bits per heavy atom. The van der Waals surface area contributed by atoms with E-state index in [4.69, 9.17) is 0 Å². The monoisotopic (exact) mass is 275 g/mol. The van der Waals surface area contributed by atoms with E-state index in [0.717, 1.165) is 43.7 Å². The quantitative estimate of drug-likeness (QED) is 0.896. The smallest absolute Gasteiger partial charge is 0.147 e. The Hall–Kier alpha value is -1.20. The van der Waals surface area contributed by atoms with Gasteiger partial charge in [-0.1, -0.05) is 6.92 Å². The third-order valence-electron chi connectivity index (χ3n) is 4.48. The second-order valence-electron chi connectivity index (χ2n) is 5.94. The number of nitrogens with one attached hydrogen (secondary N) is 1. The first-order valence-electron chi connectivity index (χ1n) is 7.80. The summed E-state index contributed by atoms with van der Waals surface area (Å²) < 4.78 is 0. The van der Waals surface area contributed by atoms with Gasteiger partial charge < -0.3 is 10.2 Å². The molecule has 0 saturated carbocycles. The lowest BCUT2D eigenvalue weighted by atomic mass is 10.1. The van der Waals surface area contributed by atoms with Crippen LogP contribution in [-0.4, -0.2) is 53.1 Å². The molecule has 0 bridgehead atoms. The molecule has 0 aromatic carbocycles. The van der Waals surface area contributed by atoms with Crippen LogP contribution in [0.4, 0.5) is 5.82 Å². The van der Waals surface area contributed by atoms with E-state index in [-0.39, 0.29) is 0 Å². The molecule has 0 radical (unpaired) electrons. The molecule has 0 spiro atoms. The van der Waals surface area contributed by atoms with Crippen LogP contribution in [0.2, 0.25) is 0 Å². The minimum absolute atomic E-state index is 0.526. The van der Waals surface area contributed by atoms with Gasteiger partial charge in [0.25, 0.3) is 0 Å². The summed E-state index contributed by atoms with van der Waals surface area (Å²) in [6.45, 7) is 9.69. The molecule has 2 aliphatic rings. The molecule has 0 amide bonds. The van der Waals surface area contributed by atoms with Crippen LogP contribution in [0.15, 0.2) is 12.4 Å². The van der Waals surface area contributed by atoms with Crippen LogP contribution in [-0.2, 0) is 6.54 Å². The van der Waals surface area contributed by atoms with E-state index in [0.29, 0.717) is 6.04 Å². The maximum absolute atomic E-state index is 4.62. The van der Waals surface area contributed by atoms with Gasteiger partial charge in [0.15, 0.2) is 0 Å². The molecule has 5 heteroatoms. The van der Waals surface area contributed by atoms with Crippen molar-refractivity contribution in [3.8, 4) is 0 Å². The minimum atomic E-state index is 0.526. The third-order valence-corrected chi connectivity index (χ3v) is 4.48. The molecule has 5 nitrogen and oxygen atoms in total. The van der Waals surface area contributed by atoms with Crippen molar-refractivity contribution in [3.05, 3.63) is 18.1 Å². The zero-order valence-electron chi connectivity index (χ0n) is 12.5. The standard InChI is InChI=1S/C15H25N5/c1-3-16-7-13-8-18-15(9-17-13)20-11-14-5-4-6-19(14)10-12(20)2/h8-9,12,14,16H,3-7,10-11H2,1-2H3. The lowest BCUT2D eigenvalue weighted by Gasteiger charge is -2.42. The van der Waals surface area contributed by atoms with Gasteiger partial charge in [-0.3, -0.25) is 9.88 Å². The van der Waals surface area contributed by atoms with Crippen LogP contribution in [0.3, 0.4) is 0 Å². The predicted octanol–water partition coefficient (Wildman–Crippen LogP) is 1.26. The van der Waals surface area contributed by atoms with Gasteiger partial charge in [-0.2, -0.15) is 0 Å². The number of piperazine rings is 1. The summed E-state index contributed by atoms with van der Waals surface area (Å²) in [6, 6.07) is 1.24. The summed E-state index contributed by atoms with van der Waals surface area (Å²) in [4.78, 5) is 14.2. The van der Waals surface area contributed by atoms with Crippen LogP contribution < -0.4 is 10.2 Å². The highest BCUT2D eigenvalue weighted by molar-refractivity contribution is 5.39. The molecule has 2 aliphatic heterocycles. The van der Waals surface area contributed by atoms with Gasteiger partial charge in [0, 0.05) is 31.7 Å². The first kappa shape index (κ1) is 13.8. The summed E-state index contributed by atoms with van der Waals surface area (Å²) in [7, 11) is 0. The fourth-order valence-corrected chi connectivity index (χ4v) is 3.35. The van der Waals surface area contributed by atoms with Crippen molar-refractivity contribution < 1.29 is 0 Å². The van der Waals surface area contributed by atoms with E-state index in [1.54, 1.807) is 0 Å². The summed E-state index contributed by atoms with van der Waals surface area (Å²) in [5.74, 6) is 1.03. The second kappa shape index (κ2) is 6.06. The average Bonchev–Trinajstić information content (AvgIpc) is 2.92. The van der Waals surface area contributed by atoms with Crippen molar-refractivity contribution in [1.82, 2.24) is 20.2 Å². The van der Waals surface area contributed by atoms with Gasteiger partial charge in [-0.15, -0.1) is 0 Å². The molecule has 1 aromatic rings. The van der Waals surface area contributed by atoms with Gasteiger partial charge in [0.2, 0.25) is 0 Å². The molecule has 2 unspecified atom stereocenters. The van der Waals surface area contributed by atoms with E-state index in [2.05, 4.69) is 38.9 Å². The lowest BCUT2D eigenvalue weighted by Crippen LogP contribution is -2.55. The van der Waals surface area contributed by atoms with Gasteiger partial charge in [-0.25, -0.2) is 4.98 Å². The molecular formula is C15H25N5. The topological polar surface area (TPSA) is 44.3 Å². The zero-order chi connectivity index (χ0) is 13.9. The number of anilines is 1. The van der Waals surface area contributed by atoms with Gasteiger partial charge in [0.1, 0.15) is 5.82 Å². The zero-order valence-corrected chi connectivity index (χ0v) is 12.5. The molecule has 1 N–H and O–H groups in total. The minimum Gasteiger partial charge on any atom is -0.350 e. The third kappa shape index (κ3) is 2.79. The normalized spacial score (nSPS) is 26.8. The molecule has 1 aromatic heterocycles. The fraction of sp³-hybridized carbons (Fsp3) is 0.733. The first-order valence-corrected chi connectivity index (χ1v) is 7.80. The Balaban J connectivity index is 1.68. The summed E-state index contributed by atoms with van der Waals surface area (Å²) in [5.41, 5.74) is 1.02. The van der Waals surface area contributed by atoms with E-state index >= 15 is 0 Å². The maximum atomic E-state index is 4.62. The highest BCUT2D eigenvalue weighted by Crippen LogP contribution is 2.27. The maximum Gasteiger partial charge on any atom is 0.147 e. The highest BCUT2D eigenvalue weighted by Gasteiger charge is 2.34. The molecule has 110 valence electrons. The van der Waals surface area contributed by atoms with Crippen LogP contribution >= 0.6 is 0 Å². The first-order chi connectivity index (χ1) is 9.78.